The number of alkyl halides is 1. The van der Waals surface area contributed by atoms with Gasteiger partial charge in [-0.2, -0.15) is 0 Å². The maximum Gasteiger partial charge on any atom is 0.288 e. The first-order valence-electron chi connectivity index (χ1n) is 5.58. The van der Waals surface area contributed by atoms with Gasteiger partial charge in [0.05, 0.1) is 4.92 Å². The smallest absolute Gasteiger partial charge is 0.288 e. The molecule has 0 fully saturated rings. The highest BCUT2D eigenvalue weighted by Gasteiger charge is 2.16. The van der Waals surface area contributed by atoms with E-state index in [4.69, 9.17) is 27.9 Å². The molecule has 21 heavy (non-hydrogen) atoms. The number of nitrogens with zero attached hydrogens (tertiary/aromatic N) is 1. The molecule has 0 heterocycles. The average Bonchev–Trinajstić information content (AvgIpc) is 2.42. The molecule has 0 aromatic heterocycles. The van der Waals surface area contributed by atoms with E-state index in [1.807, 2.05) is 0 Å². The molecule has 0 aliphatic carbocycles. The fourth-order valence-electron chi connectivity index (χ4n) is 1.60. The summed E-state index contributed by atoms with van der Waals surface area (Å²) in [5.41, 5.74) is -0.0665. The van der Waals surface area contributed by atoms with Crippen molar-refractivity contribution in [1.29, 1.82) is 0 Å². The molecule has 0 bridgehead atoms. The zero-order valence-corrected chi connectivity index (χ0v) is 11.8. The summed E-state index contributed by atoms with van der Waals surface area (Å²) in [5, 5.41) is 10.4. The van der Waals surface area contributed by atoms with Gasteiger partial charge in [0.1, 0.15) is 10.8 Å². The van der Waals surface area contributed by atoms with Crippen molar-refractivity contribution in [2.45, 2.75) is 5.88 Å². The number of halogens is 4. The molecular formula is C13H7Cl2F2NO3. The first-order valence-corrected chi connectivity index (χ1v) is 6.49. The third-order valence-electron chi connectivity index (χ3n) is 2.55. The van der Waals surface area contributed by atoms with Crippen molar-refractivity contribution < 1.29 is 18.4 Å². The van der Waals surface area contributed by atoms with Gasteiger partial charge in [-0.3, -0.25) is 10.1 Å². The predicted octanol–water partition coefficient (Wildman–Crippen LogP) is 5.06. The summed E-state index contributed by atoms with van der Waals surface area (Å²) >= 11 is 11.2. The van der Waals surface area contributed by atoms with E-state index in [0.717, 1.165) is 24.3 Å². The van der Waals surface area contributed by atoms with Crippen LogP contribution in [0.3, 0.4) is 0 Å². The van der Waals surface area contributed by atoms with Gasteiger partial charge in [-0.05, 0) is 23.8 Å². The van der Waals surface area contributed by atoms with E-state index < -0.39 is 22.3 Å². The molecule has 0 spiro atoms. The van der Waals surface area contributed by atoms with Gasteiger partial charge in [-0.25, -0.2) is 8.78 Å². The van der Waals surface area contributed by atoms with Crippen LogP contribution in [0.25, 0.3) is 0 Å². The third-order valence-corrected chi connectivity index (χ3v) is 3.16. The van der Waals surface area contributed by atoms with Crippen molar-refractivity contribution in [2.24, 2.45) is 0 Å². The molecule has 0 atom stereocenters. The van der Waals surface area contributed by atoms with Crippen LogP contribution in [-0.2, 0) is 5.88 Å². The summed E-state index contributed by atoms with van der Waals surface area (Å²) < 4.78 is 32.5. The van der Waals surface area contributed by atoms with Crippen LogP contribution in [0.4, 0.5) is 14.5 Å². The molecular weight excluding hydrogens is 327 g/mol. The SMILES string of the molecule is O=[N+]([O-])c1ccc(Oc2c(F)cc(CCl)cc2F)cc1Cl. The summed E-state index contributed by atoms with van der Waals surface area (Å²) in [7, 11) is 0. The van der Waals surface area contributed by atoms with Gasteiger partial charge in [0.15, 0.2) is 17.4 Å². The van der Waals surface area contributed by atoms with Gasteiger partial charge in [-0.1, -0.05) is 11.6 Å². The fraction of sp³-hybridized carbons (Fsp3) is 0.0769. The number of nitro groups is 1. The minimum absolute atomic E-state index is 0.0259. The number of ether oxygens (including phenoxy) is 1. The summed E-state index contributed by atoms with van der Waals surface area (Å²) in [5.74, 6) is -2.56. The van der Waals surface area contributed by atoms with Crippen molar-refractivity contribution in [2.75, 3.05) is 0 Å². The fourth-order valence-corrected chi connectivity index (χ4v) is 2.00. The zero-order valence-electron chi connectivity index (χ0n) is 10.3. The highest BCUT2D eigenvalue weighted by atomic mass is 35.5. The lowest BCUT2D eigenvalue weighted by Gasteiger charge is -2.09. The Balaban J connectivity index is 2.35. The topological polar surface area (TPSA) is 52.4 Å². The molecule has 2 rings (SSSR count). The molecule has 0 radical (unpaired) electrons. The normalized spacial score (nSPS) is 10.5. The first-order chi connectivity index (χ1) is 9.92. The van der Waals surface area contributed by atoms with Crippen LogP contribution in [0.5, 0.6) is 11.5 Å². The number of hydrogen-bond acceptors (Lipinski definition) is 3. The van der Waals surface area contributed by atoms with Crippen LogP contribution in [0.15, 0.2) is 30.3 Å². The second-order valence-corrected chi connectivity index (χ2v) is 4.67. The van der Waals surface area contributed by atoms with Crippen LogP contribution in [-0.4, -0.2) is 4.92 Å². The molecule has 0 aliphatic rings. The largest absolute Gasteiger partial charge is 0.451 e. The molecule has 2 aromatic rings. The Morgan fingerprint density at radius 2 is 1.81 bits per heavy atom. The van der Waals surface area contributed by atoms with Crippen LogP contribution in [0, 0.1) is 21.7 Å². The Labute approximate surface area is 128 Å². The molecule has 0 amide bonds. The molecule has 8 heteroatoms. The van der Waals surface area contributed by atoms with Gasteiger partial charge in [0, 0.05) is 18.0 Å². The van der Waals surface area contributed by atoms with E-state index in [2.05, 4.69) is 0 Å². The Bertz CT molecular complexity index is 687. The average molecular weight is 334 g/mol. The van der Waals surface area contributed by atoms with E-state index in [1.54, 1.807) is 0 Å². The van der Waals surface area contributed by atoms with E-state index in [9.17, 15) is 18.9 Å². The van der Waals surface area contributed by atoms with Gasteiger partial charge in [0.25, 0.3) is 5.69 Å². The van der Waals surface area contributed by atoms with E-state index in [0.29, 0.717) is 0 Å². The molecule has 4 nitrogen and oxygen atoms in total. The summed E-state index contributed by atoms with van der Waals surface area (Å²) in [6, 6.07) is 5.46. The minimum atomic E-state index is -0.930. The number of hydrogen-bond donors (Lipinski definition) is 0. The maximum absolute atomic E-state index is 13.7. The highest BCUT2D eigenvalue weighted by Crippen LogP contribution is 2.33. The Morgan fingerprint density at radius 3 is 2.29 bits per heavy atom. The molecule has 0 aliphatic heterocycles. The third kappa shape index (κ3) is 3.40. The summed E-state index contributed by atoms with van der Waals surface area (Å²) in [6.45, 7) is 0. The molecule has 0 N–H and O–H groups in total. The van der Waals surface area contributed by atoms with E-state index >= 15 is 0 Å². The quantitative estimate of drug-likeness (QED) is 0.446. The zero-order chi connectivity index (χ0) is 15.6. The second-order valence-electron chi connectivity index (χ2n) is 3.99. The minimum Gasteiger partial charge on any atom is -0.451 e. The van der Waals surface area contributed by atoms with Gasteiger partial charge in [0.2, 0.25) is 0 Å². The lowest BCUT2D eigenvalue weighted by Crippen LogP contribution is -1.96. The second kappa shape index (κ2) is 6.24. The van der Waals surface area contributed by atoms with Crippen molar-refractivity contribution in [3.05, 3.63) is 62.7 Å². The van der Waals surface area contributed by atoms with Gasteiger partial charge < -0.3 is 4.74 Å². The standard InChI is InChI=1S/C13H7Cl2F2NO3/c14-6-7-3-10(16)13(11(17)4-7)21-8-1-2-12(18(19)20)9(15)5-8/h1-5H,6H2. The highest BCUT2D eigenvalue weighted by molar-refractivity contribution is 6.32. The van der Waals surface area contributed by atoms with Crippen LogP contribution < -0.4 is 4.74 Å². The molecule has 0 unspecified atom stereocenters. The van der Waals surface area contributed by atoms with Crippen molar-refractivity contribution >= 4 is 28.9 Å². The summed E-state index contributed by atoms with van der Waals surface area (Å²) in [6.07, 6.45) is 0. The van der Waals surface area contributed by atoms with Crippen molar-refractivity contribution in [3.8, 4) is 11.5 Å². The van der Waals surface area contributed by atoms with E-state index in [1.165, 1.54) is 6.07 Å². The predicted molar refractivity (Wildman–Crippen MR) is 74.1 cm³/mol. The molecule has 110 valence electrons. The monoisotopic (exact) mass is 333 g/mol. The Kier molecular flexibility index (Phi) is 4.59. The Hall–Kier alpha value is -1.92. The van der Waals surface area contributed by atoms with Crippen LogP contribution in [0.2, 0.25) is 5.02 Å². The van der Waals surface area contributed by atoms with Crippen molar-refractivity contribution in [1.82, 2.24) is 0 Å². The van der Waals surface area contributed by atoms with E-state index in [-0.39, 0.29) is 27.9 Å². The van der Waals surface area contributed by atoms with Crippen LogP contribution >= 0.6 is 23.2 Å². The number of benzene rings is 2. The lowest BCUT2D eigenvalue weighted by molar-refractivity contribution is -0.384. The number of nitro benzene ring substituents is 1. The lowest BCUT2D eigenvalue weighted by atomic mass is 10.2. The first kappa shape index (κ1) is 15.5. The Morgan fingerprint density at radius 1 is 1.19 bits per heavy atom. The summed E-state index contributed by atoms with van der Waals surface area (Å²) in [4.78, 5) is 9.94. The maximum atomic E-state index is 13.7. The molecule has 0 saturated carbocycles. The van der Waals surface area contributed by atoms with Gasteiger partial charge >= 0.3 is 0 Å². The van der Waals surface area contributed by atoms with Crippen molar-refractivity contribution in [3.63, 3.8) is 0 Å². The van der Waals surface area contributed by atoms with Crippen LogP contribution in [0.1, 0.15) is 5.56 Å². The molecule has 0 saturated heterocycles. The van der Waals surface area contributed by atoms with Gasteiger partial charge in [-0.15, -0.1) is 11.6 Å². The molecule has 2 aromatic carbocycles. The number of rotatable bonds is 4.